The lowest BCUT2D eigenvalue weighted by Crippen LogP contribution is -2.67. The molecule has 1 aromatic carbocycles. The zero-order valence-corrected chi connectivity index (χ0v) is 28.7. The van der Waals surface area contributed by atoms with Gasteiger partial charge in [-0.05, 0) is 147 Å². The summed E-state index contributed by atoms with van der Waals surface area (Å²) in [6.45, 7) is 21.5. The highest BCUT2D eigenvalue weighted by molar-refractivity contribution is 6.04. The predicted molar refractivity (Wildman–Crippen MR) is 177 cm³/mol. The van der Waals surface area contributed by atoms with Crippen molar-refractivity contribution in [1.29, 1.82) is 0 Å². The Morgan fingerprint density at radius 1 is 0.932 bits per heavy atom. The minimum absolute atomic E-state index is 0.0212. The monoisotopic (exact) mass is 600 g/mol. The predicted octanol–water partition coefficient (Wildman–Crippen LogP) is 9.48. The van der Waals surface area contributed by atoms with E-state index in [1.807, 2.05) is 19.1 Å². The summed E-state index contributed by atoms with van der Waals surface area (Å²) < 4.78 is 11.2. The number of methoxy groups -OCH3 is 1. The molecule has 5 aliphatic carbocycles. The molecule has 0 bridgehead atoms. The molecule has 240 valence electrons. The summed E-state index contributed by atoms with van der Waals surface area (Å²) in [6, 6.07) is 8.19. The second-order valence-corrected chi connectivity index (χ2v) is 16.7. The van der Waals surface area contributed by atoms with Gasteiger partial charge in [0, 0.05) is 5.41 Å². The lowest BCUT2D eigenvalue weighted by molar-refractivity contribution is -0.232. The highest BCUT2D eigenvalue weighted by atomic mass is 16.5. The van der Waals surface area contributed by atoms with Crippen LogP contribution in [0.25, 0.3) is 6.08 Å². The van der Waals surface area contributed by atoms with E-state index in [4.69, 9.17) is 9.47 Å². The lowest BCUT2D eigenvalue weighted by Gasteiger charge is -2.72. The first kappa shape index (κ1) is 31.6. The van der Waals surface area contributed by atoms with Crippen molar-refractivity contribution in [2.45, 2.75) is 106 Å². The largest absolute Gasteiger partial charge is 0.494 e. The van der Waals surface area contributed by atoms with Crippen LogP contribution >= 0.6 is 0 Å². The van der Waals surface area contributed by atoms with E-state index >= 15 is 0 Å². The van der Waals surface area contributed by atoms with Crippen LogP contribution in [0.3, 0.4) is 0 Å². The van der Waals surface area contributed by atoms with Crippen molar-refractivity contribution >= 4 is 17.8 Å². The molecule has 5 saturated carbocycles. The fourth-order valence-corrected chi connectivity index (χ4v) is 12.7. The Morgan fingerprint density at radius 2 is 1.64 bits per heavy atom. The summed E-state index contributed by atoms with van der Waals surface area (Å²) in [6.07, 6.45) is 11.6. The molecule has 5 fully saturated rings. The normalized spacial score (nSPS) is 43.3. The number of ether oxygens (including phenoxy) is 2. The molecule has 0 saturated heterocycles. The molecule has 4 heteroatoms. The first-order valence-electron chi connectivity index (χ1n) is 17.4. The summed E-state index contributed by atoms with van der Waals surface area (Å²) in [5, 5.41) is 0. The van der Waals surface area contributed by atoms with Gasteiger partial charge in [-0.1, -0.05) is 58.9 Å². The smallest absolute Gasteiger partial charge is 0.312 e. The molecule has 0 radical (unpaired) electrons. The average molecular weight is 601 g/mol. The molecular formula is C40H56O4. The van der Waals surface area contributed by atoms with Crippen LogP contribution in [0.15, 0.2) is 42.0 Å². The second-order valence-electron chi connectivity index (χ2n) is 16.7. The minimum Gasteiger partial charge on any atom is -0.494 e. The molecule has 9 atom stereocenters. The van der Waals surface area contributed by atoms with Gasteiger partial charge in [0.15, 0.2) is 5.78 Å². The van der Waals surface area contributed by atoms with Crippen LogP contribution in [0.1, 0.15) is 112 Å². The SMILES string of the molecule is C=C(C)[C@@H]1CC[C@]2(C(=O)OC)CC[C@@]3(C)[C@H](CC[C@@H]4[C@]5(C)C/C(=C\c6ccc(OCC)cc6)C(=O)C(C)(C)[C@H]5CC[C@]43C)[C@H]12. The van der Waals surface area contributed by atoms with E-state index in [-0.39, 0.29) is 27.6 Å². The molecule has 0 unspecified atom stereocenters. The van der Waals surface area contributed by atoms with E-state index in [9.17, 15) is 9.59 Å². The van der Waals surface area contributed by atoms with Gasteiger partial charge in [0.05, 0.1) is 19.1 Å². The first-order chi connectivity index (χ1) is 20.7. The van der Waals surface area contributed by atoms with Gasteiger partial charge in [-0.2, -0.15) is 0 Å². The molecule has 44 heavy (non-hydrogen) atoms. The molecule has 1 aromatic rings. The van der Waals surface area contributed by atoms with Crippen LogP contribution < -0.4 is 4.74 Å². The summed E-state index contributed by atoms with van der Waals surface area (Å²) in [7, 11) is 1.58. The average Bonchev–Trinajstić information content (AvgIpc) is 3.38. The third-order valence-corrected chi connectivity index (χ3v) is 14.8. The van der Waals surface area contributed by atoms with Crippen molar-refractivity contribution in [2.24, 2.45) is 56.7 Å². The van der Waals surface area contributed by atoms with Gasteiger partial charge in [0.2, 0.25) is 0 Å². The Bertz CT molecular complexity index is 1370. The Hall–Kier alpha value is -2.36. The maximum Gasteiger partial charge on any atom is 0.312 e. The molecule has 0 aromatic heterocycles. The molecule has 4 nitrogen and oxygen atoms in total. The van der Waals surface area contributed by atoms with Gasteiger partial charge in [0.1, 0.15) is 5.75 Å². The van der Waals surface area contributed by atoms with Crippen LogP contribution in [0.4, 0.5) is 0 Å². The van der Waals surface area contributed by atoms with Crippen LogP contribution in [0.5, 0.6) is 5.75 Å². The third kappa shape index (κ3) is 4.20. The first-order valence-corrected chi connectivity index (χ1v) is 17.4. The summed E-state index contributed by atoms with van der Waals surface area (Å²) in [4.78, 5) is 27.7. The molecule has 0 aliphatic heterocycles. The molecule has 0 spiro atoms. The van der Waals surface area contributed by atoms with E-state index in [1.165, 1.54) is 12.0 Å². The second kappa shape index (κ2) is 10.6. The van der Waals surface area contributed by atoms with Crippen LogP contribution in [-0.2, 0) is 14.3 Å². The summed E-state index contributed by atoms with van der Waals surface area (Å²) in [5.41, 5.74) is 2.86. The van der Waals surface area contributed by atoms with E-state index in [0.29, 0.717) is 42.0 Å². The van der Waals surface area contributed by atoms with Crippen molar-refractivity contribution in [3.63, 3.8) is 0 Å². The van der Waals surface area contributed by atoms with E-state index < -0.39 is 5.41 Å². The van der Waals surface area contributed by atoms with Crippen molar-refractivity contribution in [1.82, 2.24) is 0 Å². The molecule has 0 heterocycles. The fourth-order valence-electron chi connectivity index (χ4n) is 12.7. The molecule has 0 N–H and O–H groups in total. The van der Waals surface area contributed by atoms with Gasteiger partial charge in [-0.15, -0.1) is 0 Å². The number of allylic oxidation sites excluding steroid dienone is 2. The van der Waals surface area contributed by atoms with E-state index in [0.717, 1.165) is 68.3 Å². The fraction of sp³-hybridized carbons (Fsp3) is 0.700. The van der Waals surface area contributed by atoms with Crippen molar-refractivity contribution < 1.29 is 19.1 Å². The van der Waals surface area contributed by atoms with Gasteiger partial charge in [0.25, 0.3) is 0 Å². The Balaban J connectivity index is 1.38. The Labute approximate surface area is 266 Å². The molecular weight excluding hydrogens is 544 g/mol. The Kier molecular flexibility index (Phi) is 7.61. The molecule has 0 amide bonds. The maximum atomic E-state index is 14.2. The number of hydrogen-bond acceptors (Lipinski definition) is 4. The standard InChI is InChI=1S/C40H56O4/c1-10-44-28-13-11-26(12-14-28)23-27-24-37(6)31(36(4,5)34(27)41)18-19-39(8)32(37)16-15-30-33-29(25(2)3)17-20-40(33,35(42)43-9)22-21-38(30,39)7/h11-14,23,29-33H,2,10,15-22,24H2,1,3-9H3/b27-23+/t29-,30+,31+,32+,33-,37+,38-,39+,40-/m0/s1. The Morgan fingerprint density at radius 3 is 2.27 bits per heavy atom. The van der Waals surface area contributed by atoms with Gasteiger partial charge >= 0.3 is 5.97 Å². The molecule has 5 aliphatic rings. The topological polar surface area (TPSA) is 52.6 Å². The number of Topliss-reactive ketones (excluding diaryl/α,β-unsaturated/α-hetero) is 1. The van der Waals surface area contributed by atoms with Gasteiger partial charge in [-0.25, -0.2) is 0 Å². The number of carbonyl (C=O) groups excluding carboxylic acids is 2. The summed E-state index contributed by atoms with van der Waals surface area (Å²) >= 11 is 0. The number of benzene rings is 1. The van der Waals surface area contributed by atoms with Gasteiger partial charge in [-0.3, -0.25) is 9.59 Å². The number of fused-ring (bicyclic) bond motifs is 7. The van der Waals surface area contributed by atoms with Crippen LogP contribution in [0, 0.1) is 56.7 Å². The summed E-state index contributed by atoms with van der Waals surface area (Å²) in [5.74, 6) is 3.30. The third-order valence-electron chi connectivity index (χ3n) is 14.8. The van der Waals surface area contributed by atoms with Crippen molar-refractivity contribution in [3.05, 3.63) is 47.6 Å². The number of esters is 1. The quantitative estimate of drug-likeness (QED) is 0.192. The van der Waals surface area contributed by atoms with E-state index in [2.05, 4.69) is 66.3 Å². The minimum atomic E-state index is -0.397. The van der Waals surface area contributed by atoms with Gasteiger partial charge < -0.3 is 9.47 Å². The van der Waals surface area contributed by atoms with Crippen LogP contribution in [0.2, 0.25) is 0 Å². The van der Waals surface area contributed by atoms with Crippen molar-refractivity contribution in [2.75, 3.05) is 13.7 Å². The number of hydrogen-bond donors (Lipinski definition) is 0. The van der Waals surface area contributed by atoms with Crippen LogP contribution in [-0.4, -0.2) is 25.5 Å². The maximum absolute atomic E-state index is 14.2. The highest BCUT2D eigenvalue weighted by Gasteiger charge is 2.72. The van der Waals surface area contributed by atoms with E-state index in [1.54, 1.807) is 7.11 Å². The number of ketones is 1. The zero-order chi connectivity index (χ0) is 31.9. The zero-order valence-electron chi connectivity index (χ0n) is 28.7. The highest BCUT2D eigenvalue weighted by Crippen LogP contribution is 2.77. The lowest BCUT2D eigenvalue weighted by atomic mass is 9.32. The number of carbonyl (C=O) groups is 2. The molecule has 6 rings (SSSR count). The van der Waals surface area contributed by atoms with Crippen molar-refractivity contribution in [3.8, 4) is 5.75 Å². The number of rotatable bonds is 5.